The molecule has 110 valence electrons. The van der Waals surface area contributed by atoms with Crippen LogP contribution in [0.1, 0.15) is 52.4 Å². The first kappa shape index (κ1) is 15.8. The lowest BCUT2D eigenvalue weighted by molar-refractivity contribution is -0.138. The maximum Gasteiger partial charge on any atom is 0.320 e. The zero-order valence-corrected chi connectivity index (χ0v) is 12.1. The molecule has 0 radical (unpaired) electrons. The van der Waals surface area contributed by atoms with Gasteiger partial charge in [0.05, 0.1) is 6.42 Å². The van der Waals surface area contributed by atoms with Crippen molar-refractivity contribution in [3.63, 3.8) is 0 Å². The molecule has 0 aliphatic carbocycles. The Balaban J connectivity index is 2.62. The van der Waals surface area contributed by atoms with Crippen LogP contribution in [-0.4, -0.2) is 52.6 Å². The topological polar surface area (TPSA) is 60.9 Å². The summed E-state index contributed by atoms with van der Waals surface area (Å²) in [4.78, 5) is 26.8. The van der Waals surface area contributed by atoms with Crippen LogP contribution in [0.15, 0.2) is 0 Å². The van der Waals surface area contributed by atoms with E-state index in [0.29, 0.717) is 6.54 Å². The predicted molar refractivity (Wildman–Crippen MR) is 74.1 cm³/mol. The number of urea groups is 1. The molecule has 1 aliphatic rings. The van der Waals surface area contributed by atoms with Crippen LogP contribution in [-0.2, 0) is 4.79 Å². The number of carbonyl (C=O) groups excluding carboxylic acids is 1. The van der Waals surface area contributed by atoms with Gasteiger partial charge in [-0.15, -0.1) is 0 Å². The molecule has 5 heteroatoms. The summed E-state index contributed by atoms with van der Waals surface area (Å²) in [5, 5.41) is 8.85. The maximum absolute atomic E-state index is 12.5. The molecule has 1 fully saturated rings. The van der Waals surface area contributed by atoms with Crippen LogP contribution in [0.5, 0.6) is 0 Å². The van der Waals surface area contributed by atoms with Crippen LogP contribution in [0, 0.1) is 0 Å². The van der Waals surface area contributed by atoms with Crippen molar-refractivity contribution in [1.29, 1.82) is 0 Å². The molecule has 1 aliphatic heterocycles. The lowest BCUT2D eigenvalue weighted by Gasteiger charge is -2.34. The fraction of sp³-hybridized carbons (Fsp3) is 0.857. The summed E-state index contributed by atoms with van der Waals surface area (Å²) in [5.74, 6) is -0.855. The Hall–Kier alpha value is -1.26. The number of amides is 2. The second-order valence-electron chi connectivity index (χ2n) is 5.27. The zero-order chi connectivity index (χ0) is 14.3. The van der Waals surface area contributed by atoms with Gasteiger partial charge in [-0.2, -0.15) is 0 Å². The Morgan fingerprint density at radius 3 is 2.16 bits per heavy atom. The minimum Gasteiger partial charge on any atom is -0.481 e. The summed E-state index contributed by atoms with van der Waals surface area (Å²) in [7, 11) is 0. The fourth-order valence-corrected chi connectivity index (χ4v) is 2.62. The molecular formula is C14H26N2O3. The number of carboxylic acid groups (broad SMARTS) is 1. The van der Waals surface area contributed by atoms with Gasteiger partial charge in [0.15, 0.2) is 0 Å². The van der Waals surface area contributed by atoms with Crippen LogP contribution >= 0.6 is 0 Å². The lowest BCUT2D eigenvalue weighted by Crippen LogP contribution is -2.48. The molecule has 0 aromatic rings. The molecule has 1 unspecified atom stereocenters. The van der Waals surface area contributed by atoms with Crippen molar-refractivity contribution in [2.75, 3.05) is 19.6 Å². The first-order valence-corrected chi connectivity index (χ1v) is 7.33. The first-order valence-electron chi connectivity index (χ1n) is 7.33. The van der Waals surface area contributed by atoms with Crippen molar-refractivity contribution in [2.24, 2.45) is 0 Å². The number of hydrogen-bond acceptors (Lipinski definition) is 2. The summed E-state index contributed by atoms with van der Waals surface area (Å²) in [6, 6.07) is -0.251. The monoisotopic (exact) mass is 270 g/mol. The van der Waals surface area contributed by atoms with E-state index in [1.54, 1.807) is 11.8 Å². The minimum atomic E-state index is -0.855. The molecule has 0 spiro atoms. The van der Waals surface area contributed by atoms with E-state index in [2.05, 4.69) is 0 Å². The number of likely N-dealkylation sites (tertiary alicyclic amines) is 1. The summed E-state index contributed by atoms with van der Waals surface area (Å²) in [6.45, 7) is 5.87. The summed E-state index contributed by atoms with van der Waals surface area (Å²) in [6.07, 6.45) is 5.73. The van der Waals surface area contributed by atoms with E-state index in [0.717, 1.165) is 25.9 Å². The molecule has 1 saturated heterocycles. The Bertz CT molecular complexity index is 299. The van der Waals surface area contributed by atoms with Crippen LogP contribution in [0.4, 0.5) is 4.79 Å². The third-order valence-corrected chi connectivity index (χ3v) is 3.72. The highest BCUT2D eigenvalue weighted by molar-refractivity contribution is 5.76. The van der Waals surface area contributed by atoms with Crippen molar-refractivity contribution < 1.29 is 14.7 Å². The van der Waals surface area contributed by atoms with Crippen molar-refractivity contribution >= 4 is 12.0 Å². The van der Waals surface area contributed by atoms with E-state index in [-0.39, 0.29) is 18.5 Å². The molecule has 0 bridgehead atoms. The SMILES string of the molecule is CCN(C(=O)N1CCCCCCC1)C(C)CC(=O)O. The van der Waals surface area contributed by atoms with Gasteiger partial charge in [0.25, 0.3) is 0 Å². The second-order valence-corrected chi connectivity index (χ2v) is 5.27. The molecule has 0 saturated carbocycles. The molecular weight excluding hydrogens is 244 g/mol. The Morgan fingerprint density at radius 1 is 1.16 bits per heavy atom. The molecule has 2 amide bonds. The van der Waals surface area contributed by atoms with E-state index >= 15 is 0 Å². The smallest absolute Gasteiger partial charge is 0.320 e. The normalized spacial score (nSPS) is 18.3. The van der Waals surface area contributed by atoms with Crippen molar-refractivity contribution in [1.82, 2.24) is 9.80 Å². The number of nitrogens with zero attached hydrogens (tertiary/aromatic N) is 2. The van der Waals surface area contributed by atoms with Gasteiger partial charge in [0.2, 0.25) is 0 Å². The average Bonchev–Trinajstić information content (AvgIpc) is 2.27. The third kappa shape index (κ3) is 5.09. The Kier molecular flexibility index (Phi) is 6.67. The third-order valence-electron chi connectivity index (χ3n) is 3.72. The summed E-state index contributed by atoms with van der Waals surface area (Å²) >= 11 is 0. The fourth-order valence-electron chi connectivity index (χ4n) is 2.62. The maximum atomic E-state index is 12.5. The van der Waals surface area contributed by atoms with Gasteiger partial charge in [-0.1, -0.05) is 19.3 Å². The number of hydrogen-bond donors (Lipinski definition) is 1. The van der Waals surface area contributed by atoms with E-state index in [1.807, 2.05) is 11.8 Å². The van der Waals surface area contributed by atoms with Crippen LogP contribution in [0.2, 0.25) is 0 Å². The Morgan fingerprint density at radius 2 is 1.68 bits per heavy atom. The van der Waals surface area contributed by atoms with Crippen LogP contribution in [0.25, 0.3) is 0 Å². The standard InChI is InChI=1S/C14H26N2O3/c1-3-16(12(2)11-13(17)18)14(19)15-9-7-5-4-6-8-10-15/h12H,3-11H2,1-2H3,(H,17,18). The predicted octanol–water partition coefficient (Wildman–Crippen LogP) is 2.56. The minimum absolute atomic E-state index is 0.00171. The average molecular weight is 270 g/mol. The van der Waals surface area contributed by atoms with Gasteiger partial charge in [-0.05, 0) is 26.7 Å². The highest BCUT2D eigenvalue weighted by Crippen LogP contribution is 2.14. The van der Waals surface area contributed by atoms with Gasteiger partial charge in [-0.3, -0.25) is 4.79 Å². The Labute approximate surface area is 115 Å². The number of rotatable bonds is 4. The zero-order valence-electron chi connectivity index (χ0n) is 12.1. The van der Waals surface area contributed by atoms with Gasteiger partial charge >= 0.3 is 12.0 Å². The second kappa shape index (κ2) is 8.02. The molecule has 5 nitrogen and oxygen atoms in total. The van der Waals surface area contributed by atoms with E-state index in [9.17, 15) is 9.59 Å². The van der Waals surface area contributed by atoms with E-state index < -0.39 is 5.97 Å². The van der Waals surface area contributed by atoms with E-state index in [1.165, 1.54) is 19.3 Å². The van der Waals surface area contributed by atoms with Gasteiger partial charge in [-0.25, -0.2) is 4.79 Å². The van der Waals surface area contributed by atoms with Crippen LogP contribution in [0.3, 0.4) is 0 Å². The van der Waals surface area contributed by atoms with Crippen molar-refractivity contribution in [2.45, 2.75) is 58.4 Å². The quantitative estimate of drug-likeness (QED) is 0.854. The van der Waals surface area contributed by atoms with E-state index in [4.69, 9.17) is 5.11 Å². The number of carbonyl (C=O) groups is 2. The molecule has 1 heterocycles. The summed E-state index contributed by atoms with van der Waals surface area (Å²) < 4.78 is 0. The first-order chi connectivity index (χ1) is 9.06. The van der Waals surface area contributed by atoms with Crippen LogP contribution < -0.4 is 0 Å². The summed E-state index contributed by atoms with van der Waals surface area (Å²) in [5.41, 5.74) is 0. The molecule has 0 aromatic heterocycles. The van der Waals surface area contributed by atoms with Gasteiger partial charge in [0.1, 0.15) is 0 Å². The highest BCUT2D eigenvalue weighted by Gasteiger charge is 2.25. The largest absolute Gasteiger partial charge is 0.481 e. The molecule has 1 atom stereocenters. The number of carboxylic acids is 1. The van der Waals surface area contributed by atoms with Crippen molar-refractivity contribution in [3.05, 3.63) is 0 Å². The van der Waals surface area contributed by atoms with Crippen molar-refractivity contribution in [3.8, 4) is 0 Å². The molecule has 0 aromatic carbocycles. The molecule has 1 N–H and O–H groups in total. The van der Waals surface area contributed by atoms with Gasteiger partial charge in [0, 0.05) is 25.7 Å². The highest BCUT2D eigenvalue weighted by atomic mass is 16.4. The molecule has 1 rings (SSSR count). The van der Waals surface area contributed by atoms with Gasteiger partial charge < -0.3 is 14.9 Å². The molecule has 19 heavy (non-hydrogen) atoms. The number of aliphatic carboxylic acids is 1. The lowest BCUT2D eigenvalue weighted by atomic mass is 10.1.